The van der Waals surface area contributed by atoms with Crippen LogP contribution in [0.5, 0.6) is 0 Å². The average Bonchev–Trinajstić information content (AvgIpc) is 3.52. The zero-order valence-electron chi connectivity index (χ0n) is 18.6. The first kappa shape index (κ1) is 20.6. The summed E-state index contributed by atoms with van der Waals surface area (Å²) in [5.74, 6) is 1.80. The van der Waals surface area contributed by atoms with Crippen molar-refractivity contribution in [2.75, 3.05) is 0 Å². The summed E-state index contributed by atoms with van der Waals surface area (Å²) in [5, 5.41) is 14.6. The number of aromatic nitrogens is 6. The number of unbranched alkanes of at least 4 members (excludes halogenated alkanes) is 1. The maximum atomic E-state index is 5.02. The van der Waals surface area contributed by atoms with E-state index in [4.69, 9.17) is 4.98 Å². The third-order valence-electron chi connectivity index (χ3n) is 5.89. The van der Waals surface area contributed by atoms with E-state index in [9.17, 15) is 0 Å². The number of hydrogen-bond acceptors (Lipinski definition) is 5. The minimum absolute atomic E-state index is 0.606. The molecule has 0 bridgehead atoms. The summed E-state index contributed by atoms with van der Waals surface area (Å²) in [4.78, 5) is 7.68. The summed E-state index contributed by atoms with van der Waals surface area (Å²) in [6, 6.07) is 16.9. The van der Waals surface area contributed by atoms with E-state index in [0.717, 1.165) is 36.1 Å². The number of hydrogen-bond donors (Lipinski definition) is 1. The first-order valence-corrected chi connectivity index (χ1v) is 11.8. The molecule has 0 unspecified atom stereocenters. The topological polar surface area (TPSA) is 72.3 Å². The summed E-state index contributed by atoms with van der Waals surface area (Å²) in [6.45, 7) is 7.45. The number of nitrogens with zero attached hydrogens (tertiary/aromatic N) is 5. The smallest absolute Gasteiger partial charge is 0.205 e. The molecule has 0 atom stereocenters. The normalized spacial score (nSPS) is 11.5. The van der Waals surface area contributed by atoms with Gasteiger partial charge >= 0.3 is 0 Å². The highest BCUT2D eigenvalue weighted by Crippen LogP contribution is 2.33. The second kappa shape index (κ2) is 8.67. The molecule has 32 heavy (non-hydrogen) atoms. The Balaban J connectivity index is 1.49. The molecule has 1 N–H and O–H groups in total. The fourth-order valence-electron chi connectivity index (χ4n) is 4.30. The van der Waals surface area contributed by atoms with Crippen molar-refractivity contribution in [1.29, 1.82) is 0 Å². The fraction of sp³-hybridized carbons (Fsp3) is 0.280. The van der Waals surface area contributed by atoms with Gasteiger partial charge in [-0.05, 0) is 42.2 Å². The third-order valence-corrected chi connectivity index (χ3v) is 6.89. The summed E-state index contributed by atoms with van der Waals surface area (Å²) < 4.78 is 2.42. The highest BCUT2D eigenvalue weighted by Gasteiger charge is 2.17. The SMILES string of the molecule is CCCCc1nc2c(C)sc(C)c2n1Cc1ccc(-c2ccccc2-c2nn[nH]n2)cc1. The highest BCUT2D eigenvalue weighted by atomic mass is 32.1. The molecule has 0 spiro atoms. The summed E-state index contributed by atoms with van der Waals surface area (Å²) in [6.07, 6.45) is 3.35. The molecule has 2 aromatic carbocycles. The second-order valence-electron chi connectivity index (χ2n) is 8.11. The standard InChI is InChI=1S/C25H26N6S/c1-4-5-10-22-26-23-16(2)32-17(3)24(23)31(22)15-18-11-13-19(14-12-18)20-8-6-7-9-21(20)25-27-29-30-28-25/h6-9,11-14H,4-5,10,15H2,1-3H3,(H,27,28,29,30). The number of aromatic amines is 1. The molecular formula is C25H26N6S. The molecule has 6 nitrogen and oxygen atoms in total. The lowest BCUT2D eigenvalue weighted by Gasteiger charge is -2.11. The van der Waals surface area contributed by atoms with Gasteiger partial charge in [-0.1, -0.05) is 61.9 Å². The molecule has 7 heteroatoms. The molecule has 5 rings (SSSR count). The van der Waals surface area contributed by atoms with Crippen molar-refractivity contribution in [3.63, 3.8) is 0 Å². The maximum absolute atomic E-state index is 5.02. The Hall–Kier alpha value is -3.32. The molecule has 5 aromatic rings. The Morgan fingerprint density at radius 3 is 2.47 bits per heavy atom. The quantitative estimate of drug-likeness (QED) is 0.338. The van der Waals surface area contributed by atoms with Crippen molar-refractivity contribution < 1.29 is 0 Å². The molecule has 0 fully saturated rings. The number of rotatable bonds is 7. The van der Waals surface area contributed by atoms with Gasteiger partial charge in [-0.3, -0.25) is 0 Å². The summed E-state index contributed by atoms with van der Waals surface area (Å²) in [7, 11) is 0. The van der Waals surface area contributed by atoms with Gasteiger partial charge in [-0.15, -0.1) is 21.5 Å². The Morgan fingerprint density at radius 1 is 0.969 bits per heavy atom. The average molecular weight is 443 g/mol. The van der Waals surface area contributed by atoms with Crippen molar-refractivity contribution in [3.05, 3.63) is 69.7 Å². The van der Waals surface area contributed by atoms with Crippen LogP contribution in [-0.2, 0) is 13.0 Å². The number of tetrazole rings is 1. The van der Waals surface area contributed by atoms with E-state index in [1.807, 2.05) is 29.5 Å². The van der Waals surface area contributed by atoms with Gasteiger partial charge < -0.3 is 4.57 Å². The number of nitrogens with one attached hydrogen (secondary N) is 1. The van der Waals surface area contributed by atoms with Gasteiger partial charge in [0.25, 0.3) is 0 Å². The molecule has 3 heterocycles. The van der Waals surface area contributed by atoms with Crippen LogP contribution in [0.15, 0.2) is 48.5 Å². The molecule has 0 saturated carbocycles. The van der Waals surface area contributed by atoms with Crippen LogP contribution >= 0.6 is 11.3 Å². The van der Waals surface area contributed by atoms with Crippen LogP contribution < -0.4 is 0 Å². The van der Waals surface area contributed by atoms with E-state index in [0.29, 0.717) is 5.82 Å². The van der Waals surface area contributed by atoms with Crippen molar-refractivity contribution in [1.82, 2.24) is 30.2 Å². The largest absolute Gasteiger partial charge is 0.323 e. The number of imidazole rings is 1. The Morgan fingerprint density at radius 2 is 1.75 bits per heavy atom. The maximum Gasteiger partial charge on any atom is 0.205 e. The molecular weight excluding hydrogens is 416 g/mol. The molecule has 0 aliphatic rings. The monoisotopic (exact) mass is 442 g/mol. The number of H-pyrrole nitrogens is 1. The van der Waals surface area contributed by atoms with Gasteiger partial charge in [0.05, 0.1) is 5.52 Å². The van der Waals surface area contributed by atoms with Crippen LogP contribution in [0.2, 0.25) is 0 Å². The zero-order valence-corrected chi connectivity index (χ0v) is 19.4. The summed E-state index contributed by atoms with van der Waals surface area (Å²) in [5.41, 5.74) is 6.94. The van der Waals surface area contributed by atoms with Crippen LogP contribution in [0.3, 0.4) is 0 Å². The van der Waals surface area contributed by atoms with E-state index >= 15 is 0 Å². The Kier molecular flexibility index (Phi) is 5.57. The van der Waals surface area contributed by atoms with Crippen LogP contribution in [0.4, 0.5) is 0 Å². The van der Waals surface area contributed by atoms with E-state index in [2.05, 4.69) is 76.3 Å². The molecule has 0 amide bonds. The summed E-state index contributed by atoms with van der Waals surface area (Å²) >= 11 is 1.84. The lowest BCUT2D eigenvalue weighted by atomic mass is 9.98. The van der Waals surface area contributed by atoms with Gasteiger partial charge in [-0.25, -0.2) is 4.98 Å². The van der Waals surface area contributed by atoms with E-state index in [1.54, 1.807) is 0 Å². The zero-order chi connectivity index (χ0) is 22.1. The third kappa shape index (κ3) is 3.73. The van der Waals surface area contributed by atoms with Gasteiger partial charge in [-0.2, -0.15) is 5.21 Å². The highest BCUT2D eigenvalue weighted by molar-refractivity contribution is 7.13. The van der Waals surface area contributed by atoms with Crippen molar-refractivity contribution in [2.24, 2.45) is 0 Å². The minimum Gasteiger partial charge on any atom is -0.323 e. The van der Waals surface area contributed by atoms with E-state index < -0.39 is 0 Å². The molecule has 0 radical (unpaired) electrons. The van der Waals surface area contributed by atoms with E-state index in [-0.39, 0.29) is 0 Å². The predicted octanol–water partition coefficient (Wildman–Crippen LogP) is 5.95. The van der Waals surface area contributed by atoms with Crippen LogP contribution in [0, 0.1) is 13.8 Å². The molecule has 0 saturated heterocycles. The fourth-order valence-corrected chi connectivity index (χ4v) is 5.30. The number of fused-ring (bicyclic) bond motifs is 1. The lowest BCUT2D eigenvalue weighted by molar-refractivity contribution is 0.689. The van der Waals surface area contributed by atoms with E-state index in [1.165, 1.54) is 38.6 Å². The van der Waals surface area contributed by atoms with Gasteiger partial charge in [0.1, 0.15) is 11.3 Å². The number of aryl methyl sites for hydroxylation is 3. The van der Waals surface area contributed by atoms with Crippen LogP contribution in [0.25, 0.3) is 33.5 Å². The van der Waals surface area contributed by atoms with Crippen molar-refractivity contribution in [3.8, 4) is 22.5 Å². The predicted molar refractivity (Wildman–Crippen MR) is 130 cm³/mol. The number of thiophene rings is 1. The first-order valence-electron chi connectivity index (χ1n) is 11.0. The molecule has 162 valence electrons. The second-order valence-corrected chi connectivity index (χ2v) is 9.54. The van der Waals surface area contributed by atoms with Gasteiger partial charge in [0.2, 0.25) is 5.82 Å². The van der Waals surface area contributed by atoms with Gasteiger partial charge in [0, 0.05) is 28.3 Å². The van der Waals surface area contributed by atoms with Crippen molar-refractivity contribution in [2.45, 2.75) is 46.6 Å². The molecule has 0 aliphatic heterocycles. The lowest BCUT2D eigenvalue weighted by Crippen LogP contribution is -2.06. The molecule has 0 aliphatic carbocycles. The Labute approximate surface area is 191 Å². The first-order chi connectivity index (χ1) is 15.7. The van der Waals surface area contributed by atoms with Gasteiger partial charge in [0.15, 0.2) is 0 Å². The number of benzene rings is 2. The van der Waals surface area contributed by atoms with Crippen LogP contribution in [-0.4, -0.2) is 30.2 Å². The van der Waals surface area contributed by atoms with Crippen molar-refractivity contribution >= 4 is 22.4 Å². The van der Waals surface area contributed by atoms with Crippen LogP contribution in [0.1, 0.15) is 40.9 Å². The molecule has 3 aromatic heterocycles. The minimum atomic E-state index is 0.606. The Bertz CT molecular complexity index is 1350.